The molecular formula is C13H15BrN2S3. The minimum atomic E-state index is 0.926. The quantitative estimate of drug-likeness (QED) is 0.472. The van der Waals surface area contributed by atoms with Crippen LogP contribution in [0.25, 0.3) is 0 Å². The van der Waals surface area contributed by atoms with E-state index in [1.54, 1.807) is 23.1 Å². The van der Waals surface area contributed by atoms with Crippen LogP contribution in [0.2, 0.25) is 0 Å². The number of halogens is 1. The van der Waals surface area contributed by atoms with Crippen LogP contribution in [0.4, 0.5) is 0 Å². The molecule has 1 aromatic carbocycles. The molecule has 1 aromatic heterocycles. The van der Waals surface area contributed by atoms with Crippen molar-refractivity contribution in [2.75, 3.05) is 5.75 Å². The number of benzene rings is 1. The molecule has 0 bridgehead atoms. The second-order valence-corrected chi connectivity index (χ2v) is 8.31. The van der Waals surface area contributed by atoms with Crippen LogP contribution in [-0.4, -0.2) is 16.0 Å². The highest BCUT2D eigenvalue weighted by atomic mass is 79.9. The molecule has 19 heavy (non-hydrogen) atoms. The molecule has 0 amide bonds. The topological polar surface area (TPSA) is 25.8 Å². The zero-order valence-corrected chi connectivity index (χ0v) is 14.7. The Morgan fingerprint density at radius 1 is 1.16 bits per heavy atom. The molecule has 1 heterocycles. The fourth-order valence-electron chi connectivity index (χ4n) is 1.37. The summed E-state index contributed by atoms with van der Waals surface area (Å²) in [5, 5.41) is 8.46. The number of unbranched alkanes of at least 4 members (excludes halogenated alkanes) is 1. The van der Waals surface area contributed by atoms with Crippen molar-refractivity contribution in [3.05, 3.63) is 34.3 Å². The summed E-state index contributed by atoms with van der Waals surface area (Å²) in [4.78, 5) is 0. The lowest BCUT2D eigenvalue weighted by Gasteiger charge is -2.00. The molecule has 0 saturated heterocycles. The van der Waals surface area contributed by atoms with Gasteiger partial charge in [0.15, 0.2) is 8.68 Å². The molecule has 0 radical (unpaired) electrons. The lowest BCUT2D eigenvalue weighted by atomic mass is 10.2. The van der Waals surface area contributed by atoms with Crippen LogP contribution in [0.3, 0.4) is 0 Å². The predicted octanol–water partition coefficient (Wildman–Crippen LogP) is 5.49. The van der Waals surface area contributed by atoms with Crippen LogP contribution in [-0.2, 0) is 5.75 Å². The Labute approximate surface area is 134 Å². The van der Waals surface area contributed by atoms with E-state index < -0.39 is 0 Å². The standard InChI is InChI=1S/C13H15BrN2S3/c1-2-3-8-17-12-15-16-13(19-12)18-9-10-6-4-5-7-11(10)14/h4-7H,2-3,8-9H2,1H3. The maximum Gasteiger partial charge on any atom is 0.175 e. The number of nitrogens with zero attached hydrogens (tertiary/aromatic N) is 2. The molecule has 2 nitrogen and oxygen atoms in total. The molecule has 102 valence electrons. The Morgan fingerprint density at radius 2 is 1.89 bits per heavy atom. The summed E-state index contributed by atoms with van der Waals surface area (Å²) in [6, 6.07) is 8.30. The van der Waals surface area contributed by atoms with Crippen molar-refractivity contribution in [2.45, 2.75) is 34.2 Å². The van der Waals surface area contributed by atoms with Crippen LogP contribution in [0.5, 0.6) is 0 Å². The van der Waals surface area contributed by atoms with Gasteiger partial charge in [-0.1, -0.05) is 82.3 Å². The Kier molecular flexibility index (Phi) is 6.70. The molecule has 0 aliphatic heterocycles. The first-order valence-electron chi connectivity index (χ1n) is 6.12. The predicted molar refractivity (Wildman–Crippen MR) is 89.2 cm³/mol. The SMILES string of the molecule is CCCCSc1nnc(SCc2ccccc2Br)s1. The third kappa shape index (κ3) is 5.10. The zero-order chi connectivity index (χ0) is 13.5. The van der Waals surface area contributed by atoms with E-state index in [1.165, 1.54) is 18.4 Å². The van der Waals surface area contributed by atoms with Gasteiger partial charge in [0.2, 0.25) is 0 Å². The van der Waals surface area contributed by atoms with E-state index >= 15 is 0 Å². The Morgan fingerprint density at radius 3 is 2.63 bits per heavy atom. The van der Waals surface area contributed by atoms with Crippen LogP contribution < -0.4 is 0 Å². The Bertz CT molecular complexity index is 516. The summed E-state index contributed by atoms with van der Waals surface area (Å²) in [5.74, 6) is 2.07. The van der Waals surface area contributed by atoms with Gasteiger partial charge in [-0.15, -0.1) is 10.2 Å². The highest BCUT2D eigenvalue weighted by Gasteiger charge is 2.06. The van der Waals surface area contributed by atoms with Crippen molar-refractivity contribution < 1.29 is 0 Å². The van der Waals surface area contributed by atoms with E-state index in [0.717, 1.165) is 24.7 Å². The second-order valence-electron chi connectivity index (χ2n) is 3.92. The van der Waals surface area contributed by atoms with Crippen LogP contribution in [0.1, 0.15) is 25.3 Å². The van der Waals surface area contributed by atoms with Crippen molar-refractivity contribution in [3.63, 3.8) is 0 Å². The van der Waals surface area contributed by atoms with E-state index in [9.17, 15) is 0 Å². The van der Waals surface area contributed by atoms with Crippen LogP contribution in [0, 0.1) is 0 Å². The molecule has 0 atom stereocenters. The maximum atomic E-state index is 4.24. The number of aromatic nitrogens is 2. The normalized spacial score (nSPS) is 10.8. The summed E-state index contributed by atoms with van der Waals surface area (Å²) in [6.07, 6.45) is 2.47. The zero-order valence-electron chi connectivity index (χ0n) is 10.6. The van der Waals surface area contributed by atoms with E-state index in [-0.39, 0.29) is 0 Å². The minimum absolute atomic E-state index is 0.926. The number of hydrogen-bond acceptors (Lipinski definition) is 5. The monoisotopic (exact) mass is 374 g/mol. The van der Waals surface area contributed by atoms with Crippen molar-refractivity contribution >= 4 is 50.8 Å². The molecule has 0 aliphatic rings. The molecule has 6 heteroatoms. The lowest BCUT2D eigenvalue weighted by molar-refractivity contribution is 0.892. The van der Waals surface area contributed by atoms with Crippen molar-refractivity contribution in [2.24, 2.45) is 0 Å². The van der Waals surface area contributed by atoms with Gasteiger partial charge < -0.3 is 0 Å². The molecule has 0 fully saturated rings. The fourth-order valence-corrected chi connectivity index (χ4v) is 5.16. The molecule has 0 N–H and O–H groups in total. The van der Waals surface area contributed by atoms with E-state index in [4.69, 9.17) is 0 Å². The highest BCUT2D eigenvalue weighted by Crippen LogP contribution is 2.32. The smallest absolute Gasteiger partial charge is 0.131 e. The number of hydrogen-bond donors (Lipinski definition) is 0. The summed E-state index contributed by atoms with van der Waals surface area (Å²) in [5.41, 5.74) is 1.29. The molecule has 2 rings (SSSR count). The highest BCUT2D eigenvalue weighted by molar-refractivity contribution is 9.10. The van der Waals surface area contributed by atoms with Crippen LogP contribution >= 0.6 is 50.8 Å². The second kappa shape index (κ2) is 8.29. The fraction of sp³-hybridized carbons (Fsp3) is 0.385. The summed E-state index contributed by atoms with van der Waals surface area (Å²) in [6.45, 7) is 2.21. The minimum Gasteiger partial charge on any atom is -0.131 e. The largest absolute Gasteiger partial charge is 0.175 e. The van der Waals surface area contributed by atoms with Crippen molar-refractivity contribution in [1.29, 1.82) is 0 Å². The van der Waals surface area contributed by atoms with Crippen molar-refractivity contribution in [3.8, 4) is 0 Å². The average molecular weight is 375 g/mol. The van der Waals surface area contributed by atoms with Gasteiger partial charge >= 0.3 is 0 Å². The van der Waals surface area contributed by atoms with Gasteiger partial charge in [0.1, 0.15) is 0 Å². The van der Waals surface area contributed by atoms with Gasteiger partial charge in [0.05, 0.1) is 0 Å². The Balaban J connectivity index is 1.85. The number of thioether (sulfide) groups is 2. The van der Waals surface area contributed by atoms with Gasteiger partial charge in [-0.25, -0.2) is 0 Å². The number of rotatable bonds is 7. The summed E-state index contributed by atoms with van der Waals surface area (Å²) < 4.78 is 3.29. The Hall–Kier alpha value is -0.0400. The van der Waals surface area contributed by atoms with Gasteiger partial charge in [0, 0.05) is 16.0 Å². The molecule has 0 aliphatic carbocycles. The molecule has 0 spiro atoms. The molecule has 2 aromatic rings. The van der Waals surface area contributed by atoms with Gasteiger partial charge in [-0.05, 0) is 18.1 Å². The maximum absolute atomic E-state index is 4.24. The summed E-state index contributed by atoms with van der Waals surface area (Å²) in [7, 11) is 0. The molecule has 0 saturated carbocycles. The van der Waals surface area contributed by atoms with Gasteiger partial charge in [-0.3, -0.25) is 0 Å². The van der Waals surface area contributed by atoms with E-state index in [2.05, 4.69) is 51.3 Å². The first-order chi connectivity index (χ1) is 9.29. The van der Waals surface area contributed by atoms with Crippen molar-refractivity contribution in [1.82, 2.24) is 10.2 Å². The van der Waals surface area contributed by atoms with Gasteiger partial charge in [0.25, 0.3) is 0 Å². The van der Waals surface area contributed by atoms with E-state index in [0.29, 0.717) is 0 Å². The third-order valence-electron chi connectivity index (χ3n) is 2.42. The average Bonchev–Trinajstić information content (AvgIpc) is 2.86. The molecular weight excluding hydrogens is 360 g/mol. The van der Waals surface area contributed by atoms with Crippen LogP contribution in [0.15, 0.2) is 37.4 Å². The first-order valence-corrected chi connectivity index (χ1v) is 9.70. The van der Waals surface area contributed by atoms with Gasteiger partial charge in [-0.2, -0.15) is 0 Å². The first kappa shape index (κ1) is 15.4. The summed E-state index contributed by atoms with van der Waals surface area (Å²) >= 11 is 8.83. The molecule has 0 unspecified atom stereocenters. The van der Waals surface area contributed by atoms with E-state index in [1.807, 2.05) is 17.8 Å². The lowest BCUT2D eigenvalue weighted by Crippen LogP contribution is -1.81. The third-order valence-corrected chi connectivity index (χ3v) is 6.52.